The molecule has 0 radical (unpaired) electrons. The zero-order valence-corrected chi connectivity index (χ0v) is 8.91. The second kappa shape index (κ2) is 4.28. The number of carbonyl (C=O) groups excluding carboxylic acids is 1. The van der Waals surface area contributed by atoms with Gasteiger partial charge in [0.15, 0.2) is 0 Å². The van der Waals surface area contributed by atoms with Crippen molar-refractivity contribution >= 4 is 5.91 Å². The van der Waals surface area contributed by atoms with E-state index in [2.05, 4.69) is 16.8 Å². The zero-order valence-electron chi connectivity index (χ0n) is 8.91. The molecule has 0 bridgehead atoms. The van der Waals surface area contributed by atoms with Crippen molar-refractivity contribution in [1.82, 2.24) is 14.7 Å². The number of nitrogens with zero attached hydrogens (tertiary/aromatic N) is 3. The first-order valence-electron chi connectivity index (χ1n) is 5.44. The third kappa shape index (κ3) is 2.25. The number of likely N-dealkylation sites (N-methyl/N-ethyl adjacent to an activating group) is 1. The molecule has 0 spiro atoms. The Labute approximate surface area is 85.5 Å². The van der Waals surface area contributed by atoms with E-state index in [9.17, 15) is 4.79 Å². The Kier molecular flexibility index (Phi) is 3.03. The maximum absolute atomic E-state index is 11.6. The van der Waals surface area contributed by atoms with E-state index >= 15 is 0 Å². The fraction of sp³-hybridized carbons (Fsp3) is 0.900. The van der Waals surface area contributed by atoms with E-state index in [1.165, 1.54) is 6.42 Å². The molecular formula is C10H19N3O. The van der Waals surface area contributed by atoms with Crippen LogP contribution in [0, 0.1) is 0 Å². The summed E-state index contributed by atoms with van der Waals surface area (Å²) < 4.78 is 0. The second-order valence-corrected chi connectivity index (χ2v) is 4.31. The van der Waals surface area contributed by atoms with E-state index in [-0.39, 0.29) is 0 Å². The second-order valence-electron chi connectivity index (χ2n) is 4.31. The van der Waals surface area contributed by atoms with Crippen LogP contribution in [0.5, 0.6) is 0 Å². The highest BCUT2D eigenvalue weighted by atomic mass is 16.2. The molecule has 2 heterocycles. The van der Waals surface area contributed by atoms with Crippen molar-refractivity contribution in [2.75, 3.05) is 52.9 Å². The van der Waals surface area contributed by atoms with Gasteiger partial charge in [0.2, 0.25) is 5.91 Å². The smallest absolute Gasteiger partial charge is 0.236 e. The minimum Gasteiger partial charge on any atom is -0.341 e. The van der Waals surface area contributed by atoms with E-state index in [1.807, 2.05) is 4.90 Å². The molecule has 0 N–H and O–H groups in total. The summed E-state index contributed by atoms with van der Waals surface area (Å²) in [5, 5.41) is 0. The maximum atomic E-state index is 11.6. The summed E-state index contributed by atoms with van der Waals surface area (Å²) in [6.45, 7) is 6.85. The van der Waals surface area contributed by atoms with Gasteiger partial charge in [-0.2, -0.15) is 0 Å². The van der Waals surface area contributed by atoms with Crippen molar-refractivity contribution < 1.29 is 4.79 Å². The SMILES string of the molecule is CN1CCN(CC(=O)N2CCC2)CC1. The van der Waals surface area contributed by atoms with Crippen LogP contribution in [0.2, 0.25) is 0 Å². The number of carbonyl (C=O) groups is 1. The average Bonchev–Trinajstić information content (AvgIpc) is 2.06. The molecule has 0 aromatic rings. The van der Waals surface area contributed by atoms with E-state index in [0.717, 1.165) is 39.3 Å². The standard InChI is InChI=1S/C10H19N3O/c1-11-5-7-12(8-6-11)9-10(14)13-3-2-4-13/h2-9H2,1H3. The van der Waals surface area contributed by atoms with Crippen molar-refractivity contribution in [2.45, 2.75) is 6.42 Å². The Morgan fingerprint density at radius 1 is 1.07 bits per heavy atom. The summed E-state index contributed by atoms with van der Waals surface area (Å²) in [5.74, 6) is 0.320. The van der Waals surface area contributed by atoms with Gasteiger partial charge in [0, 0.05) is 39.3 Å². The minimum absolute atomic E-state index is 0.320. The van der Waals surface area contributed by atoms with Crippen molar-refractivity contribution in [3.8, 4) is 0 Å². The molecule has 0 atom stereocenters. The quantitative estimate of drug-likeness (QED) is 0.595. The van der Waals surface area contributed by atoms with Crippen LogP contribution in [-0.4, -0.2) is 73.5 Å². The lowest BCUT2D eigenvalue weighted by Gasteiger charge is -2.36. The fourth-order valence-electron chi connectivity index (χ4n) is 1.86. The molecule has 2 aliphatic heterocycles. The molecule has 14 heavy (non-hydrogen) atoms. The number of amides is 1. The number of rotatable bonds is 2. The Morgan fingerprint density at radius 2 is 1.71 bits per heavy atom. The average molecular weight is 197 g/mol. The zero-order chi connectivity index (χ0) is 9.97. The molecule has 1 amide bonds. The highest BCUT2D eigenvalue weighted by molar-refractivity contribution is 5.78. The predicted octanol–water partition coefficient (Wildman–Crippen LogP) is -0.534. The number of piperazine rings is 1. The monoisotopic (exact) mass is 197 g/mol. The topological polar surface area (TPSA) is 26.8 Å². The Balaban J connectivity index is 1.71. The molecule has 0 saturated carbocycles. The summed E-state index contributed by atoms with van der Waals surface area (Å²) in [4.78, 5) is 18.2. The van der Waals surface area contributed by atoms with Gasteiger partial charge in [-0.25, -0.2) is 0 Å². The Morgan fingerprint density at radius 3 is 2.21 bits per heavy atom. The van der Waals surface area contributed by atoms with Gasteiger partial charge >= 0.3 is 0 Å². The largest absolute Gasteiger partial charge is 0.341 e. The van der Waals surface area contributed by atoms with Gasteiger partial charge in [-0.05, 0) is 13.5 Å². The minimum atomic E-state index is 0.320. The molecule has 2 saturated heterocycles. The van der Waals surface area contributed by atoms with Gasteiger partial charge in [-0.3, -0.25) is 9.69 Å². The molecular weight excluding hydrogens is 178 g/mol. The highest BCUT2D eigenvalue weighted by Gasteiger charge is 2.23. The van der Waals surface area contributed by atoms with Crippen molar-refractivity contribution in [3.05, 3.63) is 0 Å². The van der Waals surface area contributed by atoms with Crippen LogP contribution in [0.15, 0.2) is 0 Å². The third-order valence-electron chi connectivity index (χ3n) is 3.16. The van der Waals surface area contributed by atoms with Gasteiger partial charge < -0.3 is 9.80 Å². The number of likely N-dealkylation sites (tertiary alicyclic amines) is 1. The lowest BCUT2D eigenvalue weighted by atomic mass is 10.2. The molecule has 0 aromatic carbocycles. The van der Waals surface area contributed by atoms with E-state index in [4.69, 9.17) is 0 Å². The van der Waals surface area contributed by atoms with E-state index in [0.29, 0.717) is 12.5 Å². The molecule has 0 aromatic heterocycles. The van der Waals surface area contributed by atoms with Crippen molar-refractivity contribution in [1.29, 1.82) is 0 Å². The first-order chi connectivity index (χ1) is 6.75. The molecule has 4 heteroatoms. The van der Waals surface area contributed by atoms with Gasteiger partial charge in [0.1, 0.15) is 0 Å². The lowest BCUT2D eigenvalue weighted by molar-refractivity contribution is -0.136. The molecule has 80 valence electrons. The van der Waals surface area contributed by atoms with Gasteiger partial charge in [0.05, 0.1) is 6.54 Å². The summed E-state index contributed by atoms with van der Waals surface area (Å²) >= 11 is 0. The molecule has 2 fully saturated rings. The van der Waals surface area contributed by atoms with Crippen LogP contribution in [0.4, 0.5) is 0 Å². The predicted molar refractivity (Wildman–Crippen MR) is 55.1 cm³/mol. The third-order valence-corrected chi connectivity index (χ3v) is 3.16. The summed E-state index contributed by atoms with van der Waals surface area (Å²) in [6, 6.07) is 0. The molecule has 2 rings (SSSR count). The fourth-order valence-corrected chi connectivity index (χ4v) is 1.86. The summed E-state index contributed by atoms with van der Waals surface area (Å²) in [5.41, 5.74) is 0. The molecule has 0 aliphatic carbocycles. The number of hydrogen-bond acceptors (Lipinski definition) is 3. The first-order valence-corrected chi connectivity index (χ1v) is 5.44. The first kappa shape index (κ1) is 9.93. The molecule has 4 nitrogen and oxygen atoms in total. The highest BCUT2D eigenvalue weighted by Crippen LogP contribution is 2.07. The van der Waals surface area contributed by atoms with Crippen LogP contribution >= 0.6 is 0 Å². The van der Waals surface area contributed by atoms with Crippen LogP contribution < -0.4 is 0 Å². The van der Waals surface area contributed by atoms with Crippen molar-refractivity contribution in [3.63, 3.8) is 0 Å². The van der Waals surface area contributed by atoms with Crippen LogP contribution in [0.3, 0.4) is 0 Å². The van der Waals surface area contributed by atoms with Gasteiger partial charge in [-0.15, -0.1) is 0 Å². The van der Waals surface area contributed by atoms with Crippen LogP contribution in [0.1, 0.15) is 6.42 Å². The van der Waals surface area contributed by atoms with Gasteiger partial charge in [-0.1, -0.05) is 0 Å². The normalized spacial score (nSPS) is 24.8. The molecule has 2 aliphatic rings. The van der Waals surface area contributed by atoms with Crippen molar-refractivity contribution in [2.24, 2.45) is 0 Å². The summed E-state index contributed by atoms with van der Waals surface area (Å²) in [7, 11) is 2.13. The van der Waals surface area contributed by atoms with E-state index < -0.39 is 0 Å². The Bertz CT molecular complexity index is 207. The van der Waals surface area contributed by atoms with E-state index in [1.54, 1.807) is 0 Å². The number of hydrogen-bond donors (Lipinski definition) is 0. The summed E-state index contributed by atoms with van der Waals surface area (Å²) in [6.07, 6.45) is 1.19. The van der Waals surface area contributed by atoms with Crippen LogP contribution in [-0.2, 0) is 4.79 Å². The van der Waals surface area contributed by atoms with Crippen LogP contribution in [0.25, 0.3) is 0 Å². The lowest BCUT2D eigenvalue weighted by Crippen LogP contribution is -2.51. The Hall–Kier alpha value is -0.610. The maximum Gasteiger partial charge on any atom is 0.236 e. The molecule has 0 unspecified atom stereocenters. The van der Waals surface area contributed by atoms with Gasteiger partial charge in [0.25, 0.3) is 0 Å².